The lowest BCUT2D eigenvalue weighted by Crippen LogP contribution is -2.12. The molecule has 1 rings (SSSR count). The lowest BCUT2D eigenvalue weighted by molar-refractivity contribution is 0.0696. The van der Waals surface area contributed by atoms with Gasteiger partial charge in [-0.1, -0.05) is 0 Å². The van der Waals surface area contributed by atoms with Crippen molar-refractivity contribution in [2.24, 2.45) is 0 Å². The second kappa shape index (κ2) is 7.68. The van der Waals surface area contributed by atoms with Crippen LogP contribution in [0.5, 0.6) is 0 Å². The monoisotopic (exact) mass is 267 g/mol. The third-order valence-electron chi connectivity index (χ3n) is 2.45. The first-order chi connectivity index (χ1) is 9.00. The fourth-order valence-corrected chi connectivity index (χ4v) is 1.51. The largest absolute Gasteiger partial charge is 0.477 e. The second-order valence-electron chi connectivity index (χ2n) is 4.54. The van der Waals surface area contributed by atoms with Crippen molar-refractivity contribution in [1.82, 2.24) is 9.97 Å². The summed E-state index contributed by atoms with van der Waals surface area (Å²) in [4.78, 5) is 19.0. The van der Waals surface area contributed by atoms with E-state index in [4.69, 9.17) is 9.84 Å². The van der Waals surface area contributed by atoms with Gasteiger partial charge in [0, 0.05) is 19.3 Å². The van der Waals surface area contributed by atoms with Crippen molar-refractivity contribution in [1.29, 1.82) is 0 Å². The first-order valence-electron chi connectivity index (χ1n) is 6.43. The normalized spacial score (nSPS) is 10.7. The number of unbranched alkanes of at least 4 members (excludes halogenated alkanes) is 1. The van der Waals surface area contributed by atoms with E-state index in [1.54, 1.807) is 6.92 Å². The smallest absolute Gasteiger partial charge is 0.341 e. The van der Waals surface area contributed by atoms with Crippen molar-refractivity contribution in [3.8, 4) is 0 Å². The fourth-order valence-electron chi connectivity index (χ4n) is 1.51. The molecule has 0 atom stereocenters. The van der Waals surface area contributed by atoms with Gasteiger partial charge in [-0.3, -0.25) is 0 Å². The minimum Gasteiger partial charge on any atom is -0.477 e. The molecule has 0 aliphatic rings. The van der Waals surface area contributed by atoms with Gasteiger partial charge in [-0.2, -0.15) is 0 Å². The van der Waals surface area contributed by atoms with Gasteiger partial charge >= 0.3 is 5.97 Å². The number of ether oxygens (including phenoxy) is 1. The third kappa shape index (κ3) is 5.65. The molecule has 0 spiro atoms. The summed E-state index contributed by atoms with van der Waals surface area (Å²) in [5.41, 5.74) is 0.101. The zero-order valence-corrected chi connectivity index (χ0v) is 11.6. The fraction of sp³-hybridized carbons (Fsp3) is 0.615. The van der Waals surface area contributed by atoms with Crippen LogP contribution in [0.15, 0.2) is 6.20 Å². The molecule has 0 aromatic carbocycles. The van der Waals surface area contributed by atoms with Crippen LogP contribution < -0.4 is 5.32 Å². The lowest BCUT2D eigenvalue weighted by atomic mass is 10.3. The average molecular weight is 267 g/mol. The molecular weight excluding hydrogens is 246 g/mol. The summed E-state index contributed by atoms with van der Waals surface area (Å²) in [5.74, 6) is -0.0916. The number of hydrogen-bond donors (Lipinski definition) is 2. The van der Waals surface area contributed by atoms with E-state index in [9.17, 15) is 4.79 Å². The van der Waals surface area contributed by atoms with Gasteiger partial charge in [-0.25, -0.2) is 14.8 Å². The number of rotatable bonds is 8. The summed E-state index contributed by atoms with van der Waals surface area (Å²) in [6.45, 7) is 7.11. The number of anilines is 1. The van der Waals surface area contributed by atoms with Crippen molar-refractivity contribution in [2.75, 3.05) is 18.5 Å². The highest BCUT2D eigenvalue weighted by molar-refractivity contribution is 5.92. The van der Waals surface area contributed by atoms with E-state index < -0.39 is 5.97 Å². The molecule has 0 saturated heterocycles. The molecule has 0 unspecified atom stereocenters. The molecular formula is C13H21N3O3. The summed E-state index contributed by atoms with van der Waals surface area (Å²) >= 11 is 0. The molecule has 1 aromatic heterocycles. The second-order valence-corrected chi connectivity index (χ2v) is 4.54. The van der Waals surface area contributed by atoms with E-state index >= 15 is 0 Å². The van der Waals surface area contributed by atoms with E-state index in [0.717, 1.165) is 12.8 Å². The van der Waals surface area contributed by atoms with Crippen LogP contribution >= 0.6 is 0 Å². The molecule has 19 heavy (non-hydrogen) atoms. The van der Waals surface area contributed by atoms with Crippen molar-refractivity contribution in [3.63, 3.8) is 0 Å². The van der Waals surface area contributed by atoms with Gasteiger partial charge in [0.2, 0.25) is 0 Å². The van der Waals surface area contributed by atoms with Gasteiger partial charge in [-0.15, -0.1) is 0 Å². The van der Waals surface area contributed by atoms with E-state index in [1.165, 1.54) is 6.20 Å². The molecule has 0 aliphatic carbocycles. The Morgan fingerprint density at radius 2 is 2.21 bits per heavy atom. The van der Waals surface area contributed by atoms with Crippen molar-refractivity contribution >= 4 is 11.8 Å². The number of carboxylic acids is 1. The van der Waals surface area contributed by atoms with E-state index in [0.29, 0.717) is 24.8 Å². The van der Waals surface area contributed by atoms with E-state index in [2.05, 4.69) is 15.3 Å². The lowest BCUT2D eigenvalue weighted by Gasteiger charge is -2.10. The number of aromatic nitrogens is 2. The molecule has 6 nitrogen and oxygen atoms in total. The molecule has 6 heteroatoms. The van der Waals surface area contributed by atoms with Crippen LogP contribution in [0, 0.1) is 6.92 Å². The minimum absolute atomic E-state index is 0.101. The SMILES string of the molecule is Cc1ncc(C(=O)O)c(NCCCCOC(C)C)n1. The Morgan fingerprint density at radius 1 is 1.47 bits per heavy atom. The first kappa shape index (κ1) is 15.4. The number of hydrogen-bond acceptors (Lipinski definition) is 5. The quantitative estimate of drug-likeness (QED) is 0.702. The Bertz CT molecular complexity index is 422. The molecule has 1 heterocycles. The van der Waals surface area contributed by atoms with Gasteiger partial charge in [0.25, 0.3) is 0 Å². The average Bonchev–Trinajstić information content (AvgIpc) is 2.33. The Hall–Kier alpha value is -1.69. The Kier molecular flexibility index (Phi) is 6.21. The predicted octanol–water partition coefficient (Wildman–Crippen LogP) is 2.10. The number of aromatic carboxylic acids is 1. The summed E-state index contributed by atoms with van der Waals surface area (Å²) in [5, 5.41) is 12.1. The summed E-state index contributed by atoms with van der Waals surface area (Å²) < 4.78 is 5.43. The molecule has 1 aromatic rings. The Morgan fingerprint density at radius 3 is 2.84 bits per heavy atom. The summed E-state index contributed by atoms with van der Waals surface area (Å²) in [7, 11) is 0. The van der Waals surface area contributed by atoms with E-state index in [1.807, 2.05) is 13.8 Å². The number of aryl methyl sites for hydroxylation is 1. The highest BCUT2D eigenvalue weighted by Gasteiger charge is 2.11. The summed E-state index contributed by atoms with van der Waals surface area (Å²) in [6.07, 6.45) is 3.40. The van der Waals surface area contributed by atoms with Gasteiger partial charge in [-0.05, 0) is 33.6 Å². The zero-order valence-electron chi connectivity index (χ0n) is 11.6. The highest BCUT2D eigenvalue weighted by atomic mass is 16.5. The molecule has 0 bridgehead atoms. The van der Waals surface area contributed by atoms with Crippen LogP contribution in [0.2, 0.25) is 0 Å². The molecule has 0 radical (unpaired) electrons. The first-order valence-corrected chi connectivity index (χ1v) is 6.43. The highest BCUT2D eigenvalue weighted by Crippen LogP contribution is 2.11. The molecule has 0 amide bonds. The van der Waals surface area contributed by atoms with Gasteiger partial charge in [0.05, 0.1) is 6.10 Å². The van der Waals surface area contributed by atoms with Crippen molar-refractivity contribution in [3.05, 3.63) is 17.6 Å². The number of nitrogens with zero attached hydrogens (tertiary/aromatic N) is 2. The van der Waals surface area contributed by atoms with Crippen LogP contribution in [-0.2, 0) is 4.74 Å². The maximum atomic E-state index is 11.0. The van der Waals surface area contributed by atoms with Crippen LogP contribution in [0.4, 0.5) is 5.82 Å². The zero-order chi connectivity index (χ0) is 14.3. The van der Waals surface area contributed by atoms with Crippen LogP contribution in [0.3, 0.4) is 0 Å². The van der Waals surface area contributed by atoms with Crippen molar-refractivity contribution in [2.45, 2.75) is 39.7 Å². The van der Waals surface area contributed by atoms with Crippen molar-refractivity contribution < 1.29 is 14.6 Å². The maximum Gasteiger partial charge on any atom is 0.341 e. The molecule has 106 valence electrons. The van der Waals surface area contributed by atoms with Gasteiger partial charge in [0.1, 0.15) is 17.2 Å². The third-order valence-corrected chi connectivity index (χ3v) is 2.45. The van der Waals surface area contributed by atoms with Gasteiger partial charge in [0.15, 0.2) is 0 Å². The number of carbonyl (C=O) groups is 1. The standard InChI is InChI=1S/C13H21N3O3/c1-9(2)19-7-5-4-6-14-12-11(13(17)18)8-15-10(3)16-12/h8-9H,4-7H2,1-3H3,(H,17,18)(H,14,15,16). The van der Waals surface area contributed by atoms with Gasteiger partial charge < -0.3 is 15.2 Å². The van der Waals surface area contributed by atoms with Crippen LogP contribution in [0.25, 0.3) is 0 Å². The maximum absolute atomic E-state index is 11.0. The van der Waals surface area contributed by atoms with E-state index in [-0.39, 0.29) is 11.7 Å². The van der Waals surface area contributed by atoms with Crippen LogP contribution in [0.1, 0.15) is 42.9 Å². The molecule has 0 aliphatic heterocycles. The Balaban J connectivity index is 2.40. The molecule has 0 saturated carbocycles. The minimum atomic E-state index is -1.02. The summed E-state index contributed by atoms with van der Waals surface area (Å²) in [6, 6.07) is 0. The number of carboxylic acid groups (broad SMARTS) is 1. The number of nitrogens with one attached hydrogen (secondary N) is 1. The Labute approximate surface area is 113 Å². The van der Waals surface area contributed by atoms with Crippen LogP contribution in [-0.4, -0.2) is 40.3 Å². The molecule has 0 fully saturated rings. The predicted molar refractivity (Wildman–Crippen MR) is 72.5 cm³/mol. The topological polar surface area (TPSA) is 84.3 Å². The molecule has 2 N–H and O–H groups in total.